The maximum atomic E-state index is 5.74. The topological polar surface area (TPSA) is 78.1 Å². The van der Waals surface area contributed by atoms with E-state index >= 15 is 0 Å². The molecule has 2 rings (SSSR count). The van der Waals surface area contributed by atoms with Crippen molar-refractivity contribution in [1.82, 2.24) is 10.1 Å². The van der Waals surface area contributed by atoms with E-state index in [1.807, 2.05) is 13.8 Å². The Morgan fingerprint density at radius 1 is 1.40 bits per heavy atom. The number of hydrogen-bond acceptors (Lipinski definition) is 5. The maximum absolute atomic E-state index is 5.74. The Balaban J connectivity index is 2.25. The van der Waals surface area contributed by atoms with E-state index < -0.39 is 0 Å². The summed E-state index contributed by atoms with van der Waals surface area (Å²) in [6, 6.07) is 3.54. The van der Waals surface area contributed by atoms with Crippen molar-refractivity contribution in [3.05, 3.63) is 24.3 Å². The molecule has 0 aliphatic rings. The summed E-state index contributed by atoms with van der Waals surface area (Å²) in [4.78, 5) is 4.22. The Kier molecular flexibility index (Phi) is 2.55. The van der Waals surface area contributed by atoms with Crippen molar-refractivity contribution in [2.45, 2.75) is 25.8 Å². The average Bonchev–Trinajstić information content (AvgIpc) is 2.86. The molecule has 15 heavy (non-hydrogen) atoms. The zero-order chi connectivity index (χ0) is 10.8. The third-order valence-electron chi connectivity index (χ3n) is 2.36. The van der Waals surface area contributed by atoms with Gasteiger partial charge in [0.05, 0.1) is 12.2 Å². The van der Waals surface area contributed by atoms with E-state index in [2.05, 4.69) is 10.1 Å². The molecule has 0 amide bonds. The molecule has 80 valence electrons. The second-order valence-corrected chi connectivity index (χ2v) is 3.58. The monoisotopic (exact) mass is 207 g/mol. The highest BCUT2D eigenvalue weighted by molar-refractivity contribution is 5.44. The van der Waals surface area contributed by atoms with E-state index in [4.69, 9.17) is 14.7 Å². The summed E-state index contributed by atoms with van der Waals surface area (Å²) in [7, 11) is 0. The fourth-order valence-corrected chi connectivity index (χ4v) is 1.15. The van der Waals surface area contributed by atoms with Crippen molar-refractivity contribution >= 4 is 0 Å². The first-order chi connectivity index (χ1) is 7.18. The fourth-order valence-electron chi connectivity index (χ4n) is 1.15. The molecule has 0 fully saturated rings. The van der Waals surface area contributed by atoms with E-state index in [-0.39, 0.29) is 12.0 Å². The molecule has 2 heterocycles. The lowest BCUT2D eigenvalue weighted by atomic mass is 10.1. The molecule has 0 aliphatic carbocycles. The van der Waals surface area contributed by atoms with Gasteiger partial charge in [-0.3, -0.25) is 0 Å². The molecule has 2 atom stereocenters. The molecule has 0 aromatic carbocycles. The zero-order valence-electron chi connectivity index (χ0n) is 8.68. The molecule has 2 aromatic heterocycles. The third kappa shape index (κ3) is 1.92. The van der Waals surface area contributed by atoms with E-state index in [0.29, 0.717) is 17.5 Å². The summed E-state index contributed by atoms with van der Waals surface area (Å²) < 4.78 is 10.3. The summed E-state index contributed by atoms with van der Waals surface area (Å²) in [5.74, 6) is 1.64. The Labute approximate surface area is 87.3 Å². The molecule has 5 nitrogen and oxygen atoms in total. The summed E-state index contributed by atoms with van der Waals surface area (Å²) in [6.07, 6.45) is 1.57. The van der Waals surface area contributed by atoms with Gasteiger partial charge in [-0.15, -0.1) is 0 Å². The minimum absolute atomic E-state index is 0.0186. The van der Waals surface area contributed by atoms with Crippen LogP contribution in [0.4, 0.5) is 0 Å². The van der Waals surface area contributed by atoms with Gasteiger partial charge in [0.15, 0.2) is 5.76 Å². The predicted octanol–water partition coefficient (Wildman–Crippen LogP) is 1.78. The molecule has 0 saturated carbocycles. The van der Waals surface area contributed by atoms with Gasteiger partial charge >= 0.3 is 0 Å². The molecule has 0 aliphatic heterocycles. The molecule has 2 N–H and O–H groups in total. The van der Waals surface area contributed by atoms with Crippen molar-refractivity contribution in [3.63, 3.8) is 0 Å². The summed E-state index contributed by atoms with van der Waals surface area (Å²) in [5.41, 5.74) is 5.74. The Hall–Kier alpha value is -1.62. The predicted molar refractivity (Wildman–Crippen MR) is 54.1 cm³/mol. The first-order valence-electron chi connectivity index (χ1n) is 4.81. The van der Waals surface area contributed by atoms with E-state index in [1.54, 1.807) is 18.4 Å². The minimum atomic E-state index is -0.0186. The van der Waals surface area contributed by atoms with Gasteiger partial charge in [-0.1, -0.05) is 12.1 Å². The summed E-state index contributed by atoms with van der Waals surface area (Å²) >= 11 is 0. The standard InChI is InChI=1S/C10H13N3O2/c1-6(7(2)11)10-12-9(13-15-10)8-4-3-5-14-8/h3-7H,11H2,1-2H3. The molecular weight excluding hydrogens is 194 g/mol. The lowest BCUT2D eigenvalue weighted by Crippen LogP contribution is -2.22. The van der Waals surface area contributed by atoms with E-state index in [1.165, 1.54) is 0 Å². The van der Waals surface area contributed by atoms with Gasteiger partial charge in [0.2, 0.25) is 11.7 Å². The second-order valence-electron chi connectivity index (χ2n) is 3.58. The van der Waals surface area contributed by atoms with Crippen LogP contribution in [0.5, 0.6) is 0 Å². The van der Waals surface area contributed by atoms with E-state index in [9.17, 15) is 0 Å². The van der Waals surface area contributed by atoms with Crippen LogP contribution in [0.2, 0.25) is 0 Å². The SMILES string of the molecule is CC(N)C(C)c1nc(-c2ccco2)no1. The van der Waals surface area contributed by atoms with Crippen LogP contribution in [0.15, 0.2) is 27.3 Å². The highest BCUT2D eigenvalue weighted by Crippen LogP contribution is 2.21. The molecule has 0 bridgehead atoms. The average molecular weight is 207 g/mol. The Bertz CT molecular complexity index is 420. The third-order valence-corrected chi connectivity index (χ3v) is 2.36. The van der Waals surface area contributed by atoms with Gasteiger partial charge in [0, 0.05) is 6.04 Å². The second kappa shape index (κ2) is 3.86. The zero-order valence-corrected chi connectivity index (χ0v) is 8.68. The summed E-state index contributed by atoms with van der Waals surface area (Å²) in [6.45, 7) is 3.85. The fraction of sp³-hybridized carbons (Fsp3) is 0.400. The van der Waals surface area contributed by atoms with Gasteiger partial charge in [0.25, 0.3) is 0 Å². The van der Waals surface area contributed by atoms with Gasteiger partial charge in [-0.2, -0.15) is 4.98 Å². The number of aromatic nitrogens is 2. The molecule has 0 saturated heterocycles. The summed E-state index contributed by atoms with van der Waals surface area (Å²) in [5, 5.41) is 3.83. The number of nitrogens with two attached hydrogens (primary N) is 1. The van der Waals surface area contributed by atoms with Crippen LogP contribution in [-0.2, 0) is 0 Å². The lowest BCUT2D eigenvalue weighted by Gasteiger charge is -2.08. The molecule has 0 spiro atoms. The molecule has 0 radical (unpaired) electrons. The highest BCUT2D eigenvalue weighted by Gasteiger charge is 2.19. The van der Waals surface area contributed by atoms with Crippen LogP contribution in [0.3, 0.4) is 0 Å². The first kappa shape index (κ1) is 9.92. The Morgan fingerprint density at radius 2 is 2.20 bits per heavy atom. The van der Waals surface area contributed by atoms with Crippen molar-refractivity contribution in [3.8, 4) is 11.6 Å². The number of rotatable bonds is 3. The van der Waals surface area contributed by atoms with Crippen LogP contribution >= 0.6 is 0 Å². The van der Waals surface area contributed by atoms with E-state index in [0.717, 1.165) is 0 Å². The normalized spacial score (nSPS) is 15.1. The molecule has 5 heteroatoms. The molecule has 2 aromatic rings. The van der Waals surface area contributed by atoms with Crippen molar-refractivity contribution in [2.75, 3.05) is 0 Å². The highest BCUT2D eigenvalue weighted by atomic mass is 16.5. The minimum Gasteiger partial charge on any atom is -0.461 e. The quantitative estimate of drug-likeness (QED) is 0.829. The number of furan rings is 1. The van der Waals surface area contributed by atoms with Crippen molar-refractivity contribution < 1.29 is 8.94 Å². The van der Waals surface area contributed by atoms with Crippen molar-refractivity contribution in [1.29, 1.82) is 0 Å². The van der Waals surface area contributed by atoms with Gasteiger partial charge in [-0.25, -0.2) is 0 Å². The van der Waals surface area contributed by atoms with Crippen LogP contribution in [0.1, 0.15) is 25.7 Å². The molecule has 2 unspecified atom stereocenters. The maximum Gasteiger partial charge on any atom is 0.238 e. The van der Waals surface area contributed by atoms with Gasteiger partial charge in [-0.05, 0) is 19.1 Å². The lowest BCUT2D eigenvalue weighted by molar-refractivity contribution is 0.346. The first-order valence-corrected chi connectivity index (χ1v) is 4.81. The van der Waals surface area contributed by atoms with Crippen LogP contribution in [0.25, 0.3) is 11.6 Å². The van der Waals surface area contributed by atoms with Gasteiger partial charge < -0.3 is 14.7 Å². The smallest absolute Gasteiger partial charge is 0.238 e. The number of nitrogens with zero attached hydrogens (tertiary/aromatic N) is 2. The van der Waals surface area contributed by atoms with Crippen LogP contribution in [0, 0.1) is 0 Å². The largest absolute Gasteiger partial charge is 0.461 e. The van der Waals surface area contributed by atoms with Crippen LogP contribution < -0.4 is 5.73 Å². The number of hydrogen-bond donors (Lipinski definition) is 1. The van der Waals surface area contributed by atoms with Crippen molar-refractivity contribution in [2.24, 2.45) is 5.73 Å². The molecular formula is C10H13N3O2. The Morgan fingerprint density at radius 3 is 2.80 bits per heavy atom. The van der Waals surface area contributed by atoms with Gasteiger partial charge in [0.1, 0.15) is 0 Å². The van der Waals surface area contributed by atoms with Crippen LogP contribution in [-0.4, -0.2) is 16.2 Å².